The summed E-state index contributed by atoms with van der Waals surface area (Å²) in [4.78, 5) is 21.0. The summed E-state index contributed by atoms with van der Waals surface area (Å²) in [6, 6.07) is 8.26. The average Bonchev–Trinajstić information content (AvgIpc) is 2.71. The van der Waals surface area contributed by atoms with Crippen LogP contribution in [0, 0.1) is 6.92 Å². The van der Waals surface area contributed by atoms with Crippen molar-refractivity contribution in [2.45, 2.75) is 20.8 Å². The number of nitrogens with zero attached hydrogens (tertiary/aromatic N) is 3. The van der Waals surface area contributed by atoms with E-state index in [1.165, 1.54) is 5.69 Å². The average molecular weight is 368 g/mol. The summed E-state index contributed by atoms with van der Waals surface area (Å²) in [6.07, 6.45) is 3.37. The van der Waals surface area contributed by atoms with Gasteiger partial charge in [0.25, 0.3) is 5.91 Å². The zero-order valence-corrected chi connectivity index (χ0v) is 16.4. The molecule has 144 valence electrons. The molecule has 2 aromatic rings. The Bertz CT molecular complexity index is 784. The Morgan fingerprint density at radius 2 is 1.93 bits per heavy atom. The van der Waals surface area contributed by atoms with E-state index < -0.39 is 0 Å². The molecule has 27 heavy (non-hydrogen) atoms. The normalized spacial score (nSPS) is 14.1. The second kappa shape index (κ2) is 8.86. The maximum Gasteiger partial charge on any atom is 0.255 e. The van der Waals surface area contributed by atoms with E-state index in [4.69, 9.17) is 4.74 Å². The first-order chi connectivity index (χ1) is 13.1. The van der Waals surface area contributed by atoms with Crippen LogP contribution in [0.4, 0.5) is 17.1 Å². The smallest absolute Gasteiger partial charge is 0.255 e. The number of nitrogens with one attached hydrogen (secondary N) is 1. The number of hydrogen-bond acceptors (Lipinski definition) is 5. The maximum atomic E-state index is 12.7. The Labute approximate surface area is 161 Å². The fourth-order valence-electron chi connectivity index (χ4n) is 3.30. The predicted molar refractivity (Wildman–Crippen MR) is 109 cm³/mol. The third-order valence-electron chi connectivity index (χ3n) is 4.90. The molecule has 1 amide bonds. The number of carbonyl (C=O) groups excluding carboxylic acids is 1. The lowest BCUT2D eigenvalue weighted by Crippen LogP contribution is -2.40. The van der Waals surface area contributed by atoms with Crippen LogP contribution in [-0.2, 0) is 4.74 Å². The summed E-state index contributed by atoms with van der Waals surface area (Å²) in [5, 5.41) is 3.40. The van der Waals surface area contributed by atoms with Gasteiger partial charge >= 0.3 is 0 Å². The van der Waals surface area contributed by atoms with E-state index in [2.05, 4.69) is 54.2 Å². The fourth-order valence-corrected chi connectivity index (χ4v) is 3.30. The highest BCUT2D eigenvalue weighted by atomic mass is 16.5. The number of pyridine rings is 1. The zero-order chi connectivity index (χ0) is 19.2. The topological polar surface area (TPSA) is 57.7 Å². The number of anilines is 3. The number of aromatic nitrogens is 1. The molecule has 0 radical (unpaired) electrons. The molecule has 3 rings (SSSR count). The summed E-state index contributed by atoms with van der Waals surface area (Å²) in [7, 11) is 0. The van der Waals surface area contributed by atoms with Gasteiger partial charge in [0.15, 0.2) is 0 Å². The molecule has 1 saturated heterocycles. The summed E-state index contributed by atoms with van der Waals surface area (Å²) in [5.41, 5.74) is 4.80. The molecule has 0 spiro atoms. The van der Waals surface area contributed by atoms with Gasteiger partial charge in [0.05, 0.1) is 30.7 Å². The van der Waals surface area contributed by atoms with Gasteiger partial charge in [0.2, 0.25) is 0 Å². The van der Waals surface area contributed by atoms with Gasteiger partial charge in [-0.05, 0) is 50.6 Å². The summed E-state index contributed by atoms with van der Waals surface area (Å²) in [5.74, 6) is 0.00283. The molecule has 1 aromatic carbocycles. The van der Waals surface area contributed by atoms with Crippen molar-refractivity contribution in [2.24, 2.45) is 0 Å². The van der Waals surface area contributed by atoms with Crippen molar-refractivity contribution in [1.29, 1.82) is 0 Å². The molecule has 6 nitrogen and oxygen atoms in total. The van der Waals surface area contributed by atoms with E-state index in [-0.39, 0.29) is 5.91 Å². The van der Waals surface area contributed by atoms with Gasteiger partial charge in [-0.1, -0.05) is 0 Å². The minimum Gasteiger partial charge on any atom is -0.378 e. The highest BCUT2D eigenvalue weighted by molar-refractivity contribution is 5.95. The molecule has 1 fully saturated rings. The van der Waals surface area contributed by atoms with Crippen molar-refractivity contribution in [3.8, 4) is 0 Å². The number of rotatable bonds is 6. The molecule has 1 aliphatic heterocycles. The molecule has 0 atom stereocenters. The van der Waals surface area contributed by atoms with E-state index in [0.29, 0.717) is 31.9 Å². The lowest BCUT2D eigenvalue weighted by atomic mass is 10.1. The highest BCUT2D eigenvalue weighted by Gasteiger charge is 2.19. The number of carbonyl (C=O) groups is 1. The Hall–Kier alpha value is -2.60. The summed E-state index contributed by atoms with van der Waals surface area (Å²) in [6.45, 7) is 10.8. The largest absolute Gasteiger partial charge is 0.378 e. The quantitative estimate of drug-likeness (QED) is 0.846. The monoisotopic (exact) mass is 368 g/mol. The van der Waals surface area contributed by atoms with E-state index in [1.54, 1.807) is 12.4 Å². The Kier molecular flexibility index (Phi) is 6.29. The van der Waals surface area contributed by atoms with Crippen molar-refractivity contribution in [2.75, 3.05) is 49.6 Å². The lowest BCUT2D eigenvalue weighted by molar-refractivity contribution is 0.0302. The minimum atomic E-state index is 0.00283. The molecule has 0 unspecified atom stereocenters. The van der Waals surface area contributed by atoms with Crippen LogP contribution in [0.3, 0.4) is 0 Å². The zero-order valence-electron chi connectivity index (χ0n) is 16.4. The number of aryl methyl sites for hydroxylation is 1. The predicted octanol–water partition coefficient (Wildman–Crippen LogP) is 3.45. The molecular formula is C21H28N4O2. The molecular weight excluding hydrogens is 340 g/mol. The number of ether oxygens (including phenoxy) is 1. The first-order valence-corrected chi connectivity index (χ1v) is 9.57. The fraction of sp³-hybridized carbons (Fsp3) is 0.429. The van der Waals surface area contributed by atoms with Crippen LogP contribution in [-0.4, -0.2) is 55.2 Å². The van der Waals surface area contributed by atoms with Gasteiger partial charge < -0.3 is 19.9 Å². The molecule has 0 bridgehead atoms. The van der Waals surface area contributed by atoms with E-state index >= 15 is 0 Å². The van der Waals surface area contributed by atoms with Crippen molar-refractivity contribution < 1.29 is 9.53 Å². The number of morpholine rings is 1. The molecule has 0 saturated carbocycles. The van der Waals surface area contributed by atoms with Crippen molar-refractivity contribution in [3.05, 3.63) is 47.8 Å². The van der Waals surface area contributed by atoms with Crippen LogP contribution in [0.15, 0.2) is 36.7 Å². The molecule has 2 heterocycles. The van der Waals surface area contributed by atoms with Crippen molar-refractivity contribution in [3.63, 3.8) is 0 Å². The molecule has 0 aliphatic carbocycles. The molecule has 1 aliphatic rings. The lowest BCUT2D eigenvalue weighted by Gasteiger charge is -2.26. The van der Waals surface area contributed by atoms with Crippen LogP contribution in [0.1, 0.15) is 29.8 Å². The molecule has 6 heteroatoms. The van der Waals surface area contributed by atoms with E-state index in [0.717, 1.165) is 30.0 Å². The van der Waals surface area contributed by atoms with E-state index in [1.807, 2.05) is 11.0 Å². The van der Waals surface area contributed by atoms with Crippen LogP contribution < -0.4 is 10.2 Å². The minimum absolute atomic E-state index is 0.00283. The van der Waals surface area contributed by atoms with Crippen LogP contribution in [0.5, 0.6) is 0 Å². The standard InChI is InChI=1S/C21H28N4O2/c1-4-24(5-2)19-6-7-20(16(3)12-19)23-18-13-17(14-22-15-18)21(26)25-8-10-27-11-9-25/h6-7,12-15,23H,4-5,8-11H2,1-3H3. The molecule has 1 N–H and O–H groups in total. The maximum absolute atomic E-state index is 12.7. The van der Waals surface area contributed by atoms with Crippen molar-refractivity contribution >= 4 is 23.0 Å². The highest BCUT2D eigenvalue weighted by Crippen LogP contribution is 2.26. The first-order valence-electron chi connectivity index (χ1n) is 9.57. The third kappa shape index (κ3) is 4.57. The van der Waals surface area contributed by atoms with Crippen LogP contribution in [0.2, 0.25) is 0 Å². The second-order valence-electron chi connectivity index (χ2n) is 6.66. The summed E-state index contributed by atoms with van der Waals surface area (Å²) >= 11 is 0. The SMILES string of the molecule is CCN(CC)c1ccc(Nc2cncc(C(=O)N3CCOCC3)c2)c(C)c1. The van der Waals surface area contributed by atoms with Gasteiger partial charge in [-0.2, -0.15) is 0 Å². The second-order valence-corrected chi connectivity index (χ2v) is 6.66. The number of benzene rings is 1. The number of amides is 1. The Morgan fingerprint density at radius 1 is 1.19 bits per heavy atom. The third-order valence-corrected chi connectivity index (χ3v) is 4.90. The molecule has 1 aromatic heterocycles. The van der Waals surface area contributed by atoms with Crippen LogP contribution in [0.25, 0.3) is 0 Å². The van der Waals surface area contributed by atoms with Gasteiger partial charge in [-0.3, -0.25) is 9.78 Å². The van der Waals surface area contributed by atoms with Gasteiger partial charge in [-0.15, -0.1) is 0 Å². The van der Waals surface area contributed by atoms with Crippen molar-refractivity contribution in [1.82, 2.24) is 9.88 Å². The Morgan fingerprint density at radius 3 is 2.59 bits per heavy atom. The van der Waals surface area contributed by atoms with Crippen LogP contribution >= 0.6 is 0 Å². The summed E-state index contributed by atoms with van der Waals surface area (Å²) < 4.78 is 5.32. The van der Waals surface area contributed by atoms with Gasteiger partial charge in [-0.25, -0.2) is 0 Å². The number of hydrogen-bond donors (Lipinski definition) is 1. The van der Waals surface area contributed by atoms with Gasteiger partial charge in [0, 0.05) is 43.8 Å². The van der Waals surface area contributed by atoms with E-state index in [9.17, 15) is 4.79 Å². The first kappa shape index (κ1) is 19.2. The Balaban J connectivity index is 1.75. The van der Waals surface area contributed by atoms with Gasteiger partial charge in [0.1, 0.15) is 0 Å².